The van der Waals surface area contributed by atoms with Crippen molar-refractivity contribution in [2.75, 3.05) is 19.4 Å². The van der Waals surface area contributed by atoms with Crippen molar-refractivity contribution in [1.29, 1.82) is 0 Å². The third kappa shape index (κ3) is 9.39. The molecule has 0 radical (unpaired) electrons. The van der Waals surface area contributed by atoms with Crippen molar-refractivity contribution in [2.45, 2.75) is 57.8 Å². The molecule has 0 unspecified atom stereocenters. The number of rotatable bonds is 13. The fourth-order valence-corrected chi connectivity index (χ4v) is 5.66. The average Bonchev–Trinajstić information content (AvgIpc) is 3.36. The number of carboxylic acid groups (broad SMARTS) is 1. The summed E-state index contributed by atoms with van der Waals surface area (Å²) in [7, 11) is 3.28. The van der Waals surface area contributed by atoms with E-state index in [4.69, 9.17) is 0 Å². The minimum absolute atomic E-state index is 0. The molecule has 0 saturated heterocycles. The summed E-state index contributed by atoms with van der Waals surface area (Å²) >= 11 is 0. The van der Waals surface area contributed by atoms with Gasteiger partial charge in [-0.15, -0.1) is 0 Å². The Morgan fingerprint density at radius 2 is 1.35 bits per heavy atom. The molecule has 0 bridgehead atoms. The van der Waals surface area contributed by atoms with Gasteiger partial charge in [-0.2, -0.15) is 0 Å². The first-order valence-corrected chi connectivity index (χ1v) is 15.2. The molecule has 48 heavy (non-hydrogen) atoms. The van der Waals surface area contributed by atoms with E-state index in [0.717, 1.165) is 0 Å². The Hall–Kier alpha value is -3.87. The summed E-state index contributed by atoms with van der Waals surface area (Å²) in [5.74, 6) is -3.07. The van der Waals surface area contributed by atoms with Crippen LogP contribution in [0, 0.1) is 11.6 Å². The van der Waals surface area contributed by atoms with Gasteiger partial charge in [0.25, 0.3) is 11.8 Å². The number of carbonyl (C=O) groups excluding carboxylic acids is 3. The minimum atomic E-state index is -1.43. The molecule has 0 aliphatic heterocycles. The van der Waals surface area contributed by atoms with Crippen LogP contribution in [0.4, 0.5) is 14.5 Å². The number of nitrogens with one attached hydrogen (secondary N) is 1. The second kappa shape index (κ2) is 17.0. The number of aliphatic hydroxyl groups is 2. The second-order valence-electron chi connectivity index (χ2n) is 11.9. The zero-order chi connectivity index (χ0) is 34.4. The van der Waals surface area contributed by atoms with Crippen LogP contribution in [0.1, 0.15) is 65.7 Å². The van der Waals surface area contributed by atoms with Gasteiger partial charge in [-0.3, -0.25) is 9.59 Å². The van der Waals surface area contributed by atoms with Gasteiger partial charge in [0, 0.05) is 60.6 Å². The van der Waals surface area contributed by atoms with Crippen LogP contribution in [0.3, 0.4) is 0 Å². The van der Waals surface area contributed by atoms with E-state index >= 15 is 0 Å². The van der Waals surface area contributed by atoms with Gasteiger partial charge >= 0.3 is 29.6 Å². The van der Waals surface area contributed by atoms with Gasteiger partial charge in [-0.05, 0) is 92.8 Å². The molecular weight excluding hydrogens is 631 g/mol. The molecule has 0 fully saturated rings. The predicted octanol–water partition coefficient (Wildman–Crippen LogP) is 1.82. The van der Waals surface area contributed by atoms with Crippen LogP contribution in [0.2, 0.25) is 0 Å². The fraction of sp³-hybridized carbons (Fsp3) is 0.306. The second-order valence-corrected chi connectivity index (χ2v) is 11.9. The number of anilines is 1. The van der Waals surface area contributed by atoms with Crippen molar-refractivity contribution in [3.05, 3.63) is 101 Å². The van der Waals surface area contributed by atoms with Crippen molar-refractivity contribution in [1.82, 2.24) is 9.47 Å². The Balaban J connectivity index is 0.00000625. The van der Waals surface area contributed by atoms with Crippen LogP contribution in [0.5, 0.6) is 0 Å². The van der Waals surface area contributed by atoms with Crippen molar-refractivity contribution in [3.63, 3.8) is 0 Å². The molecule has 248 valence electrons. The molecule has 1 heterocycles. The molecule has 2 atom stereocenters. The molecule has 1 aromatic heterocycles. The molecular formula is C36H38F2N3NaO6. The van der Waals surface area contributed by atoms with Crippen LogP contribution in [-0.2, 0) is 11.2 Å². The maximum Gasteiger partial charge on any atom is 1.00 e. The number of nitrogens with zero attached hydrogens (tertiary/aromatic N) is 2. The fourth-order valence-electron chi connectivity index (χ4n) is 5.66. The molecule has 4 aromatic rings. The molecule has 0 aliphatic carbocycles. The molecule has 4 rings (SSSR count). The number of aliphatic carboxylic acids is 1. The average molecular weight is 670 g/mol. The van der Waals surface area contributed by atoms with E-state index in [1.54, 1.807) is 62.6 Å². The van der Waals surface area contributed by atoms with Gasteiger partial charge in [-0.1, -0.05) is 24.3 Å². The van der Waals surface area contributed by atoms with Crippen molar-refractivity contribution in [2.24, 2.45) is 0 Å². The third-order valence-electron chi connectivity index (χ3n) is 7.76. The molecule has 0 saturated carbocycles. The SMILES string of the molecule is CC(C)n1c(CC[C@@H](O)C[C@@H](O)CC(=O)[O-])c(-c2ccc(F)cc2)c(-c2ccc(F)cc2)c1C(=O)Nc1ccc(C(=O)N(C)C)cc1.[Na+]. The van der Waals surface area contributed by atoms with Crippen LogP contribution < -0.4 is 40.0 Å². The molecule has 12 heteroatoms. The summed E-state index contributed by atoms with van der Waals surface area (Å²) in [6.07, 6.45) is -2.93. The normalized spacial score (nSPS) is 12.3. The summed E-state index contributed by atoms with van der Waals surface area (Å²) in [5, 5.41) is 34.7. The Kier molecular flexibility index (Phi) is 13.7. The Morgan fingerprint density at radius 3 is 1.83 bits per heavy atom. The Bertz CT molecular complexity index is 1720. The molecule has 2 amide bonds. The van der Waals surface area contributed by atoms with Gasteiger partial charge in [-0.25, -0.2) is 8.78 Å². The largest absolute Gasteiger partial charge is 1.00 e. The number of aromatic nitrogens is 1. The van der Waals surface area contributed by atoms with Crippen LogP contribution in [0.25, 0.3) is 22.3 Å². The number of hydrogen-bond donors (Lipinski definition) is 3. The van der Waals surface area contributed by atoms with E-state index < -0.39 is 42.1 Å². The molecule has 0 spiro atoms. The zero-order valence-corrected chi connectivity index (χ0v) is 29.7. The van der Waals surface area contributed by atoms with Crippen LogP contribution in [0.15, 0.2) is 72.8 Å². The van der Waals surface area contributed by atoms with E-state index in [0.29, 0.717) is 39.2 Å². The van der Waals surface area contributed by atoms with Gasteiger partial charge in [0.2, 0.25) is 0 Å². The quantitative estimate of drug-likeness (QED) is 0.186. The molecule has 3 N–H and O–H groups in total. The third-order valence-corrected chi connectivity index (χ3v) is 7.76. The first-order chi connectivity index (χ1) is 22.3. The van der Waals surface area contributed by atoms with E-state index in [1.807, 2.05) is 18.4 Å². The van der Waals surface area contributed by atoms with Crippen LogP contribution >= 0.6 is 0 Å². The monoisotopic (exact) mass is 669 g/mol. The van der Waals surface area contributed by atoms with Gasteiger partial charge in [0.05, 0.1) is 12.2 Å². The number of hydrogen-bond acceptors (Lipinski definition) is 6. The summed E-state index contributed by atoms with van der Waals surface area (Å²) in [4.78, 5) is 39.0. The van der Waals surface area contributed by atoms with Gasteiger partial charge < -0.3 is 34.9 Å². The van der Waals surface area contributed by atoms with Crippen molar-refractivity contribution >= 4 is 23.5 Å². The Morgan fingerprint density at radius 1 is 0.833 bits per heavy atom. The topological polar surface area (TPSA) is 135 Å². The van der Waals surface area contributed by atoms with E-state index in [2.05, 4.69) is 5.32 Å². The maximum atomic E-state index is 14.3. The van der Waals surface area contributed by atoms with E-state index in [9.17, 15) is 38.5 Å². The number of carbonyl (C=O) groups is 3. The Labute approximate surface area is 300 Å². The maximum absolute atomic E-state index is 14.3. The smallest absolute Gasteiger partial charge is 0.550 e. The standard InChI is InChI=1S/C36H39F2N3O6.Na/c1-21(2)41-30(18-17-28(42)19-29(43)20-31(44)45)32(22-5-11-25(37)12-6-22)33(23-7-13-26(38)14-8-23)34(41)35(46)39-27-15-9-24(10-16-27)36(47)40(3)4;/h5-16,21,28-29,42-43H,17-20H2,1-4H3,(H,39,46)(H,44,45);/q;+1/p-1/t28-,29-;/m1./s1. The molecule has 9 nitrogen and oxygen atoms in total. The first-order valence-electron chi connectivity index (χ1n) is 15.2. The first kappa shape index (κ1) is 38.6. The number of halogens is 2. The molecule has 0 aliphatic rings. The number of amides is 2. The predicted molar refractivity (Wildman–Crippen MR) is 173 cm³/mol. The van der Waals surface area contributed by atoms with E-state index in [1.165, 1.54) is 29.2 Å². The minimum Gasteiger partial charge on any atom is -0.550 e. The van der Waals surface area contributed by atoms with E-state index in [-0.39, 0.29) is 66.5 Å². The summed E-state index contributed by atoms with van der Waals surface area (Å²) in [6, 6.07) is 17.5. The van der Waals surface area contributed by atoms with Gasteiger partial charge in [0.1, 0.15) is 17.3 Å². The summed E-state index contributed by atoms with van der Waals surface area (Å²) in [6.45, 7) is 3.76. The number of aliphatic hydroxyl groups excluding tert-OH is 2. The number of carboxylic acids is 1. The summed E-state index contributed by atoms with van der Waals surface area (Å²) in [5.41, 5.74) is 3.86. The van der Waals surface area contributed by atoms with Crippen molar-refractivity contribution < 1.29 is 68.0 Å². The van der Waals surface area contributed by atoms with Crippen LogP contribution in [-0.4, -0.2) is 63.8 Å². The molecule has 3 aromatic carbocycles. The van der Waals surface area contributed by atoms with Gasteiger partial charge in [0.15, 0.2) is 0 Å². The number of benzene rings is 3. The summed E-state index contributed by atoms with van der Waals surface area (Å²) < 4.78 is 30.0. The van der Waals surface area contributed by atoms with Crippen molar-refractivity contribution in [3.8, 4) is 22.3 Å². The zero-order valence-electron chi connectivity index (χ0n) is 27.7.